The maximum absolute atomic E-state index is 13.3. The van der Waals surface area contributed by atoms with E-state index >= 15 is 0 Å². The molecule has 4 bridgehead atoms. The molecule has 13 atom stereocenters. The molecule has 4 saturated carbocycles. The smallest absolute Gasteiger partial charge is 0.305 e. The highest BCUT2D eigenvalue weighted by Crippen LogP contribution is 2.90. The standard InChI is InChI=1S/C31H40O10/c1-16-12-19-24(2,21(33)17-8-11-37-14-17)9-10-28-26(4)18(13-20(32)35-6)25(3)15-29(26)30(34,22(25)36-7)23(38-16)31(19,28)41-27(5,39-28)40-29/h8,11,14,18-19,21-23,33-34H,1,9-10,12-13,15H2,2-7H3. The van der Waals surface area contributed by atoms with Crippen molar-refractivity contribution in [3.8, 4) is 0 Å². The van der Waals surface area contributed by atoms with Crippen molar-refractivity contribution in [2.45, 2.75) is 106 Å². The van der Waals surface area contributed by atoms with Crippen LogP contribution in [0.1, 0.15) is 71.5 Å². The fraction of sp³-hybridized carbons (Fsp3) is 0.774. The lowest BCUT2D eigenvalue weighted by molar-refractivity contribution is -0.480. The van der Waals surface area contributed by atoms with Gasteiger partial charge in [0.25, 0.3) is 5.97 Å². The topological polar surface area (TPSA) is 126 Å². The van der Waals surface area contributed by atoms with Crippen LogP contribution < -0.4 is 0 Å². The molecule has 41 heavy (non-hydrogen) atoms. The second-order valence-corrected chi connectivity index (χ2v) is 14.5. The molecule has 10 heteroatoms. The molecule has 0 amide bonds. The summed E-state index contributed by atoms with van der Waals surface area (Å²) in [6.07, 6.45) is 2.54. The van der Waals surface area contributed by atoms with Crippen LogP contribution in [0.3, 0.4) is 0 Å². The van der Waals surface area contributed by atoms with Gasteiger partial charge in [-0.1, -0.05) is 27.4 Å². The fourth-order valence-corrected chi connectivity index (χ4v) is 12.2. The average molecular weight is 573 g/mol. The van der Waals surface area contributed by atoms with Gasteiger partial charge in [-0.3, -0.25) is 4.79 Å². The molecule has 3 aliphatic heterocycles. The number of carbonyl (C=O) groups excluding carboxylic acids is 1. The van der Waals surface area contributed by atoms with E-state index in [9.17, 15) is 15.0 Å². The van der Waals surface area contributed by atoms with Gasteiger partial charge >= 0.3 is 5.97 Å². The Morgan fingerprint density at radius 2 is 1.88 bits per heavy atom. The molecular formula is C31H40O10. The van der Waals surface area contributed by atoms with Gasteiger partial charge in [0, 0.05) is 54.6 Å². The van der Waals surface area contributed by atoms with Gasteiger partial charge in [-0.15, -0.1) is 0 Å². The Bertz CT molecular complexity index is 1360. The summed E-state index contributed by atoms with van der Waals surface area (Å²) in [6.45, 7) is 12.3. The van der Waals surface area contributed by atoms with E-state index in [0.29, 0.717) is 37.0 Å². The Morgan fingerprint density at radius 1 is 1.15 bits per heavy atom. The number of fused-ring (bicyclic) bond motifs is 3. The molecule has 7 aliphatic rings. The number of aliphatic hydroxyl groups is 2. The van der Waals surface area contributed by atoms with Crippen LogP contribution in [0.4, 0.5) is 0 Å². The molecule has 3 spiro atoms. The first-order chi connectivity index (χ1) is 19.2. The number of aliphatic hydroxyl groups excluding tert-OH is 1. The van der Waals surface area contributed by atoms with Gasteiger partial charge < -0.3 is 43.1 Å². The van der Waals surface area contributed by atoms with Gasteiger partial charge in [0.1, 0.15) is 16.8 Å². The van der Waals surface area contributed by atoms with Crippen molar-refractivity contribution in [1.29, 1.82) is 0 Å². The highest BCUT2D eigenvalue weighted by Gasteiger charge is 3.03. The number of allylic oxidation sites excluding steroid dienone is 1. The van der Waals surface area contributed by atoms with Crippen LogP contribution in [-0.4, -0.2) is 71.0 Å². The van der Waals surface area contributed by atoms with E-state index in [-0.39, 0.29) is 18.3 Å². The minimum absolute atomic E-state index is 0.111. The third-order valence-corrected chi connectivity index (χ3v) is 13.3. The minimum atomic E-state index is -1.68. The summed E-state index contributed by atoms with van der Waals surface area (Å²) in [5.74, 6) is -2.05. The highest BCUT2D eigenvalue weighted by molar-refractivity contribution is 5.70. The van der Waals surface area contributed by atoms with Crippen LogP contribution >= 0.6 is 0 Å². The first kappa shape index (κ1) is 26.7. The Hall–Kier alpha value is -1.95. The predicted octanol–water partition coefficient (Wildman–Crippen LogP) is 3.37. The average Bonchev–Trinajstić information content (AvgIpc) is 3.61. The maximum Gasteiger partial charge on any atom is 0.305 e. The van der Waals surface area contributed by atoms with Crippen LogP contribution in [0.25, 0.3) is 0 Å². The van der Waals surface area contributed by atoms with Crippen LogP contribution in [-0.2, 0) is 33.2 Å². The first-order valence-corrected chi connectivity index (χ1v) is 14.7. The molecule has 4 heterocycles. The Labute approximate surface area is 239 Å². The Morgan fingerprint density at radius 3 is 2.54 bits per heavy atom. The summed E-state index contributed by atoms with van der Waals surface area (Å²) in [6, 6.07) is 1.78. The molecule has 1 aromatic heterocycles. The summed E-state index contributed by atoms with van der Waals surface area (Å²) in [7, 11) is 2.98. The van der Waals surface area contributed by atoms with E-state index in [0.717, 1.165) is 0 Å². The van der Waals surface area contributed by atoms with E-state index in [4.69, 9.17) is 32.8 Å². The lowest BCUT2D eigenvalue weighted by Gasteiger charge is -2.78. The second kappa shape index (κ2) is 7.22. The molecule has 7 fully saturated rings. The largest absolute Gasteiger partial charge is 0.489 e. The lowest BCUT2D eigenvalue weighted by Crippen LogP contribution is -2.93. The van der Waals surface area contributed by atoms with Gasteiger partial charge in [-0.05, 0) is 31.2 Å². The van der Waals surface area contributed by atoms with Gasteiger partial charge in [-0.2, -0.15) is 0 Å². The van der Waals surface area contributed by atoms with Crippen LogP contribution in [0, 0.1) is 28.1 Å². The normalized spacial score (nSPS) is 57.8. The molecule has 2 N–H and O–H groups in total. The molecule has 4 aliphatic carbocycles. The summed E-state index contributed by atoms with van der Waals surface area (Å²) in [5, 5.41) is 25.3. The third-order valence-electron chi connectivity index (χ3n) is 13.3. The quantitative estimate of drug-likeness (QED) is 0.507. The molecule has 3 saturated heterocycles. The number of carbonyl (C=O) groups is 1. The minimum Gasteiger partial charge on any atom is -0.489 e. The molecule has 8 rings (SSSR count). The molecule has 1 aromatic rings. The van der Waals surface area contributed by atoms with E-state index in [1.807, 2.05) is 0 Å². The zero-order valence-electron chi connectivity index (χ0n) is 24.5. The van der Waals surface area contributed by atoms with Crippen LogP contribution in [0.15, 0.2) is 35.3 Å². The van der Waals surface area contributed by atoms with Gasteiger partial charge in [0.2, 0.25) is 0 Å². The summed E-state index contributed by atoms with van der Waals surface area (Å²) in [4.78, 5) is 13.0. The first-order valence-electron chi connectivity index (χ1n) is 14.7. The number of methoxy groups -OCH3 is 2. The van der Waals surface area contributed by atoms with E-state index in [1.54, 1.807) is 32.6 Å². The van der Waals surface area contributed by atoms with Crippen molar-refractivity contribution < 1.29 is 47.8 Å². The van der Waals surface area contributed by atoms with E-state index < -0.39 is 68.9 Å². The second-order valence-electron chi connectivity index (χ2n) is 14.5. The van der Waals surface area contributed by atoms with Crippen molar-refractivity contribution in [1.82, 2.24) is 0 Å². The van der Waals surface area contributed by atoms with Crippen molar-refractivity contribution >= 4 is 5.97 Å². The van der Waals surface area contributed by atoms with Crippen LogP contribution in [0.5, 0.6) is 0 Å². The SMILES string of the molecule is C=C1CC2C(C)(C(O)c3ccoc3)CCC34OC5(C)OC23C(O1)C1(O)C(OC)C2(C)CC1(O5)C4(C)C2CC(=O)OC. The Balaban J connectivity index is 1.43. The van der Waals surface area contributed by atoms with Gasteiger partial charge in [0.15, 0.2) is 11.7 Å². The van der Waals surface area contributed by atoms with Gasteiger partial charge in [0.05, 0.1) is 37.6 Å². The number of esters is 1. The molecule has 10 nitrogen and oxygen atoms in total. The molecule has 224 valence electrons. The lowest BCUT2D eigenvalue weighted by atomic mass is 9.33. The summed E-state index contributed by atoms with van der Waals surface area (Å²) >= 11 is 0. The highest BCUT2D eigenvalue weighted by atomic mass is 16.9. The van der Waals surface area contributed by atoms with Crippen molar-refractivity contribution in [3.63, 3.8) is 0 Å². The number of rotatable bonds is 5. The van der Waals surface area contributed by atoms with Crippen molar-refractivity contribution in [2.75, 3.05) is 14.2 Å². The third kappa shape index (κ3) is 2.32. The molecule has 0 aromatic carbocycles. The zero-order valence-corrected chi connectivity index (χ0v) is 24.5. The fourth-order valence-electron chi connectivity index (χ4n) is 12.2. The molecule has 0 radical (unpaired) electrons. The number of hydrogen-bond donors (Lipinski definition) is 2. The van der Waals surface area contributed by atoms with E-state index in [2.05, 4.69) is 27.4 Å². The maximum atomic E-state index is 13.3. The van der Waals surface area contributed by atoms with Crippen molar-refractivity contribution in [2.24, 2.45) is 28.1 Å². The summed E-state index contributed by atoms with van der Waals surface area (Å²) < 4.78 is 44.6. The molecule has 13 unspecified atom stereocenters. The van der Waals surface area contributed by atoms with Crippen LogP contribution in [0.2, 0.25) is 0 Å². The molecular weight excluding hydrogens is 532 g/mol. The van der Waals surface area contributed by atoms with E-state index in [1.165, 1.54) is 7.11 Å². The van der Waals surface area contributed by atoms with Crippen molar-refractivity contribution in [3.05, 3.63) is 36.5 Å². The van der Waals surface area contributed by atoms with Gasteiger partial charge in [-0.25, -0.2) is 0 Å². The summed E-state index contributed by atoms with van der Waals surface area (Å²) in [5.41, 5.74) is -6.82. The zero-order chi connectivity index (χ0) is 29.2. The monoisotopic (exact) mass is 572 g/mol. The number of ether oxygens (including phenoxy) is 6. The Kier molecular flexibility index (Phi) is 4.70. The number of furan rings is 1. The predicted molar refractivity (Wildman–Crippen MR) is 140 cm³/mol. The number of hydrogen-bond acceptors (Lipinski definition) is 10.